The van der Waals surface area contributed by atoms with E-state index in [9.17, 15) is 13.2 Å². The van der Waals surface area contributed by atoms with E-state index in [-0.39, 0.29) is 17.4 Å². The molecule has 0 fully saturated rings. The largest absolute Gasteiger partial charge is 0.453 e. The second-order valence-corrected chi connectivity index (χ2v) is 5.39. The Kier molecular flexibility index (Phi) is 4.08. The molecule has 0 unspecified atom stereocenters. The third-order valence-electron chi connectivity index (χ3n) is 3.16. The summed E-state index contributed by atoms with van der Waals surface area (Å²) in [5.41, 5.74) is 0.0198. The number of nitrogens with one attached hydrogen (secondary N) is 1. The van der Waals surface area contributed by atoms with E-state index in [2.05, 4.69) is 30.8 Å². The maximum absolute atomic E-state index is 12.8. The molecule has 0 saturated heterocycles. The van der Waals surface area contributed by atoms with Gasteiger partial charge >= 0.3 is 6.18 Å². The van der Waals surface area contributed by atoms with E-state index >= 15 is 0 Å². The Balaban J connectivity index is 1.68. The van der Waals surface area contributed by atoms with E-state index in [1.165, 1.54) is 12.1 Å². The number of aromatic nitrogens is 6. The normalized spacial score (nSPS) is 12.2. The van der Waals surface area contributed by atoms with Crippen molar-refractivity contribution in [2.24, 2.45) is 0 Å². The molecular weight excluding hydrogens is 327 g/mol. The maximum Gasteiger partial charge on any atom is 0.453 e. The average molecular weight is 341 g/mol. The highest BCUT2D eigenvalue weighted by Crippen LogP contribution is 2.27. The zero-order valence-electron chi connectivity index (χ0n) is 12.9. The fourth-order valence-corrected chi connectivity index (χ4v) is 1.96. The van der Waals surface area contributed by atoms with Crippen molar-refractivity contribution < 1.29 is 17.7 Å². The van der Waals surface area contributed by atoms with Crippen LogP contribution in [0.5, 0.6) is 0 Å². The highest BCUT2D eigenvalue weighted by molar-refractivity contribution is 5.44. The van der Waals surface area contributed by atoms with Crippen molar-refractivity contribution in [2.75, 3.05) is 11.9 Å². The fourth-order valence-electron chi connectivity index (χ4n) is 1.96. The number of hydrogen-bond acceptors (Lipinski definition) is 7. The maximum atomic E-state index is 12.8. The molecule has 8 nitrogen and oxygen atoms in total. The SMILES string of the molecule is CC(C)c1noc(CCNc2ccc3nnc(C(F)(F)F)n3n2)n1. The van der Waals surface area contributed by atoms with Crippen LogP contribution in [0.3, 0.4) is 0 Å². The van der Waals surface area contributed by atoms with Gasteiger partial charge in [-0.05, 0) is 12.1 Å². The van der Waals surface area contributed by atoms with Crippen LogP contribution in [0.2, 0.25) is 0 Å². The molecule has 0 spiro atoms. The van der Waals surface area contributed by atoms with Crippen LogP contribution in [0.4, 0.5) is 19.0 Å². The fraction of sp³-hybridized carbons (Fsp3) is 0.462. The molecule has 0 aliphatic carbocycles. The zero-order valence-corrected chi connectivity index (χ0v) is 12.9. The second-order valence-electron chi connectivity index (χ2n) is 5.39. The van der Waals surface area contributed by atoms with Crippen molar-refractivity contribution in [1.29, 1.82) is 0 Å². The van der Waals surface area contributed by atoms with Gasteiger partial charge in [-0.25, -0.2) is 0 Å². The van der Waals surface area contributed by atoms with Gasteiger partial charge in [-0.3, -0.25) is 0 Å². The molecule has 3 rings (SSSR count). The molecule has 0 aromatic carbocycles. The van der Waals surface area contributed by atoms with Gasteiger partial charge in [0.2, 0.25) is 5.89 Å². The van der Waals surface area contributed by atoms with Gasteiger partial charge in [0.05, 0.1) is 0 Å². The zero-order chi connectivity index (χ0) is 17.3. The van der Waals surface area contributed by atoms with Gasteiger partial charge in [-0.15, -0.1) is 15.3 Å². The van der Waals surface area contributed by atoms with Gasteiger partial charge in [0.25, 0.3) is 5.82 Å². The number of nitrogens with zero attached hydrogens (tertiary/aromatic N) is 6. The van der Waals surface area contributed by atoms with Crippen LogP contribution in [0, 0.1) is 0 Å². The highest BCUT2D eigenvalue weighted by Gasteiger charge is 2.37. The first-order valence-corrected chi connectivity index (χ1v) is 7.20. The number of halogens is 3. The van der Waals surface area contributed by atoms with E-state index in [1.54, 1.807) is 0 Å². The first kappa shape index (κ1) is 16.1. The standard InChI is InChI=1S/C13H14F3N7O/c1-7(2)11-18-10(24-22-11)5-6-17-8-3-4-9-19-20-12(13(14,15)16)23(9)21-8/h3-4,7H,5-6H2,1-2H3,(H,17,21). The lowest BCUT2D eigenvalue weighted by Crippen LogP contribution is -2.14. The Hall–Kier alpha value is -2.72. The Morgan fingerprint density at radius 1 is 1.25 bits per heavy atom. The van der Waals surface area contributed by atoms with Crippen molar-refractivity contribution in [1.82, 2.24) is 30.0 Å². The van der Waals surface area contributed by atoms with Crippen LogP contribution in [0.15, 0.2) is 16.7 Å². The van der Waals surface area contributed by atoms with Gasteiger partial charge in [0, 0.05) is 18.9 Å². The minimum Gasteiger partial charge on any atom is -0.368 e. The minimum absolute atomic E-state index is 0.0198. The molecule has 0 aliphatic rings. The summed E-state index contributed by atoms with van der Waals surface area (Å²) in [7, 11) is 0. The summed E-state index contributed by atoms with van der Waals surface area (Å²) in [4.78, 5) is 4.22. The van der Waals surface area contributed by atoms with Gasteiger partial charge < -0.3 is 9.84 Å². The smallest absolute Gasteiger partial charge is 0.368 e. The number of fused-ring (bicyclic) bond motifs is 1. The lowest BCUT2D eigenvalue weighted by Gasteiger charge is -2.06. The van der Waals surface area contributed by atoms with Gasteiger partial charge in [-0.2, -0.15) is 22.7 Å². The predicted octanol–water partition coefficient (Wildman–Crippen LogP) is 2.30. The molecule has 24 heavy (non-hydrogen) atoms. The molecule has 0 radical (unpaired) electrons. The summed E-state index contributed by atoms with van der Waals surface area (Å²) in [6.45, 7) is 4.27. The van der Waals surface area contributed by atoms with Gasteiger partial charge in [-0.1, -0.05) is 19.0 Å². The number of rotatable bonds is 5. The van der Waals surface area contributed by atoms with Crippen molar-refractivity contribution in [3.8, 4) is 0 Å². The third-order valence-corrected chi connectivity index (χ3v) is 3.16. The molecule has 0 saturated carbocycles. The van der Waals surface area contributed by atoms with E-state index in [0.717, 1.165) is 0 Å². The van der Waals surface area contributed by atoms with Crippen molar-refractivity contribution in [2.45, 2.75) is 32.4 Å². The van der Waals surface area contributed by atoms with Crippen LogP contribution < -0.4 is 5.32 Å². The molecule has 3 aromatic rings. The first-order chi connectivity index (χ1) is 11.3. The predicted molar refractivity (Wildman–Crippen MR) is 76.4 cm³/mol. The molecule has 128 valence electrons. The lowest BCUT2D eigenvalue weighted by molar-refractivity contribution is -0.146. The molecule has 1 N–H and O–H groups in total. The Bertz CT molecular complexity index is 840. The summed E-state index contributed by atoms with van der Waals surface area (Å²) < 4.78 is 44.2. The van der Waals surface area contributed by atoms with Gasteiger partial charge in [0.15, 0.2) is 11.5 Å². The number of anilines is 1. The van der Waals surface area contributed by atoms with Gasteiger partial charge in [0.1, 0.15) is 5.82 Å². The van der Waals surface area contributed by atoms with Crippen LogP contribution in [-0.4, -0.2) is 36.5 Å². The lowest BCUT2D eigenvalue weighted by atomic mass is 10.2. The molecule has 3 aromatic heterocycles. The van der Waals surface area contributed by atoms with Crippen LogP contribution in [0.25, 0.3) is 5.65 Å². The summed E-state index contributed by atoms with van der Waals surface area (Å²) in [5.74, 6) is 0.321. The molecule has 3 heterocycles. The molecule has 0 atom stereocenters. The average Bonchev–Trinajstić information content (AvgIpc) is 3.12. The van der Waals surface area contributed by atoms with E-state index in [4.69, 9.17) is 4.52 Å². The summed E-state index contributed by atoms with van der Waals surface area (Å²) in [6, 6.07) is 2.93. The molecule has 0 aliphatic heterocycles. The third kappa shape index (κ3) is 3.29. The monoisotopic (exact) mass is 341 g/mol. The topological polar surface area (TPSA) is 94.0 Å². The van der Waals surface area contributed by atoms with Crippen molar-refractivity contribution in [3.63, 3.8) is 0 Å². The quantitative estimate of drug-likeness (QED) is 0.761. The van der Waals surface area contributed by atoms with Crippen molar-refractivity contribution in [3.05, 3.63) is 29.7 Å². The van der Waals surface area contributed by atoms with Crippen molar-refractivity contribution >= 4 is 11.5 Å². The van der Waals surface area contributed by atoms with Crippen LogP contribution >= 0.6 is 0 Å². The van der Waals surface area contributed by atoms with Crippen LogP contribution in [-0.2, 0) is 12.6 Å². The second kappa shape index (κ2) is 6.06. The van der Waals surface area contributed by atoms with E-state index < -0.39 is 12.0 Å². The Morgan fingerprint density at radius 3 is 2.71 bits per heavy atom. The molecule has 0 bridgehead atoms. The Labute approximate surface area is 134 Å². The number of alkyl halides is 3. The first-order valence-electron chi connectivity index (χ1n) is 7.20. The highest BCUT2D eigenvalue weighted by atomic mass is 19.4. The molecule has 0 amide bonds. The van der Waals surface area contributed by atoms with E-state index in [0.29, 0.717) is 29.2 Å². The summed E-state index contributed by atoms with van der Waals surface area (Å²) in [6.07, 6.45) is -4.20. The molecule has 11 heteroatoms. The summed E-state index contributed by atoms with van der Waals surface area (Å²) >= 11 is 0. The Morgan fingerprint density at radius 2 is 2.04 bits per heavy atom. The summed E-state index contributed by atoms with van der Waals surface area (Å²) in [5, 5.41) is 17.2. The number of hydrogen-bond donors (Lipinski definition) is 1. The minimum atomic E-state index is -4.62. The molecular formula is C13H14F3N7O. The van der Waals surface area contributed by atoms with E-state index in [1.807, 2.05) is 13.8 Å². The van der Waals surface area contributed by atoms with Crippen LogP contribution in [0.1, 0.15) is 37.3 Å².